The lowest BCUT2D eigenvalue weighted by Crippen LogP contribution is -2.20. The van der Waals surface area contributed by atoms with Gasteiger partial charge in [0, 0.05) is 24.5 Å². The number of fused-ring (bicyclic) bond motifs is 1. The number of hydrogen-bond donors (Lipinski definition) is 0. The second-order valence-corrected chi connectivity index (χ2v) is 6.18. The Bertz CT molecular complexity index is 918. The Hall–Kier alpha value is -2.84. The van der Waals surface area contributed by atoms with Gasteiger partial charge in [-0.3, -0.25) is 0 Å². The van der Waals surface area contributed by atoms with Crippen LogP contribution in [0.3, 0.4) is 0 Å². The number of hydrogen-bond acceptors (Lipinski definition) is 5. The Balaban J connectivity index is 0.000000206. The number of nitriles is 1. The van der Waals surface area contributed by atoms with Gasteiger partial charge in [0.1, 0.15) is 29.3 Å². The van der Waals surface area contributed by atoms with Crippen LogP contribution in [0.25, 0.3) is 10.9 Å². The third kappa shape index (κ3) is 4.22. The molecule has 0 unspecified atom stereocenters. The molecular weight excluding hydrogens is 348 g/mol. The Kier molecular flexibility index (Phi) is 5.88. The zero-order valence-corrected chi connectivity index (χ0v) is 15.3. The highest BCUT2D eigenvalue weighted by Crippen LogP contribution is 2.29. The van der Waals surface area contributed by atoms with Crippen LogP contribution in [0.15, 0.2) is 48.5 Å². The highest BCUT2D eigenvalue weighted by molar-refractivity contribution is 6.09. The lowest BCUT2D eigenvalue weighted by Gasteiger charge is -2.18. The van der Waals surface area contributed by atoms with E-state index in [1.54, 1.807) is 12.1 Å². The van der Waals surface area contributed by atoms with E-state index in [0.717, 1.165) is 35.6 Å². The van der Waals surface area contributed by atoms with Gasteiger partial charge in [-0.05, 0) is 44.0 Å². The summed E-state index contributed by atoms with van der Waals surface area (Å²) in [4.78, 5) is 11.3. The molecule has 6 heteroatoms. The zero-order valence-electron chi connectivity index (χ0n) is 14.5. The number of anilines is 1. The molecule has 5 nitrogen and oxygen atoms in total. The fourth-order valence-electron chi connectivity index (χ4n) is 2.94. The molecule has 2 heterocycles. The Morgan fingerprint density at radius 2 is 1.81 bits per heavy atom. The summed E-state index contributed by atoms with van der Waals surface area (Å²) in [6, 6.07) is 16.8. The Labute approximate surface area is 158 Å². The molecule has 4 rings (SSSR count). The van der Waals surface area contributed by atoms with E-state index >= 15 is 0 Å². The largest absolute Gasteiger partial charge is 0.386 e. The van der Waals surface area contributed by atoms with E-state index in [1.165, 1.54) is 12.8 Å². The van der Waals surface area contributed by atoms with Gasteiger partial charge in [-0.2, -0.15) is 5.26 Å². The summed E-state index contributed by atoms with van der Waals surface area (Å²) >= 11 is 5.38. The van der Waals surface area contributed by atoms with Crippen LogP contribution in [-0.2, 0) is 0 Å². The predicted molar refractivity (Wildman–Crippen MR) is 103 cm³/mol. The molecule has 0 atom stereocenters. The summed E-state index contributed by atoms with van der Waals surface area (Å²) in [6.07, 6.45) is 2.46. The van der Waals surface area contributed by atoms with E-state index in [2.05, 4.69) is 14.9 Å². The van der Waals surface area contributed by atoms with E-state index in [4.69, 9.17) is 21.4 Å². The first kappa shape index (κ1) is 18.0. The van der Waals surface area contributed by atoms with Crippen molar-refractivity contribution in [2.24, 2.45) is 0 Å². The molecule has 0 N–H and O–H groups in total. The standard InChI is InChI=1S/C13H14ClN3O.C7H5N/c1-9-15-12-8-10(18-14)4-5-11(12)13(16-9)17-6-2-3-7-17;8-6-7-4-2-1-3-5-7/h4-5,8H,2-3,6-7H2,1H3;1-5H. The van der Waals surface area contributed by atoms with Gasteiger partial charge in [0.25, 0.3) is 0 Å². The van der Waals surface area contributed by atoms with Crippen molar-refractivity contribution in [1.29, 1.82) is 5.26 Å². The molecule has 132 valence electrons. The quantitative estimate of drug-likeness (QED) is 0.661. The van der Waals surface area contributed by atoms with Gasteiger partial charge in [0.05, 0.1) is 17.1 Å². The van der Waals surface area contributed by atoms with Gasteiger partial charge in [-0.15, -0.1) is 0 Å². The molecule has 0 saturated carbocycles. The van der Waals surface area contributed by atoms with Crippen LogP contribution in [0.2, 0.25) is 0 Å². The van der Waals surface area contributed by atoms with Crippen molar-refractivity contribution in [3.63, 3.8) is 0 Å². The average molecular weight is 367 g/mol. The molecule has 3 aromatic rings. The molecule has 1 fully saturated rings. The van der Waals surface area contributed by atoms with Gasteiger partial charge >= 0.3 is 0 Å². The minimum atomic E-state index is 0.606. The van der Waals surface area contributed by atoms with Crippen molar-refractivity contribution in [3.05, 3.63) is 59.9 Å². The van der Waals surface area contributed by atoms with E-state index < -0.39 is 0 Å². The van der Waals surface area contributed by atoms with Gasteiger partial charge in [0.15, 0.2) is 0 Å². The van der Waals surface area contributed by atoms with Gasteiger partial charge in [-0.25, -0.2) is 9.97 Å². The summed E-state index contributed by atoms with van der Waals surface area (Å²) in [5.74, 6) is 2.40. The molecule has 1 aliphatic heterocycles. The highest BCUT2D eigenvalue weighted by Gasteiger charge is 2.17. The van der Waals surface area contributed by atoms with Crippen LogP contribution in [0.1, 0.15) is 24.2 Å². The molecule has 0 amide bonds. The molecule has 1 aromatic heterocycles. The summed E-state index contributed by atoms with van der Waals surface area (Å²) < 4.78 is 4.73. The Morgan fingerprint density at radius 3 is 2.42 bits per heavy atom. The number of rotatable bonds is 2. The first-order valence-electron chi connectivity index (χ1n) is 8.48. The van der Waals surface area contributed by atoms with Crippen molar-refractivity contribution in [2.45, 2.75) is 19.8 Å². The lowest BCUT2D eigenvalue weighted by atomic mass is 10.2. The monoisotopic (exact) mass is 366 g/mol. The van der Waals surface area contributed by atoms with Crippen molar-refractivity contribution >= 4 is 28.6 Å². The summed E-state index contributed by atoms with van der Waals surface area (Å²) in [6.45, 7) is 4.05. The number of aryl methyl sites for hydroxylation is 1. The van der Waals surface area contributed by atoms with Crippen molar-refractivity contribution in [1.82, 2.24) is 9.97 Å². The summed E-state index contributed by atoms with van der Waals surface area (Å²) in [5, 5.41) is 9.34. The second kappa shape index (κ2) is 8.50. The van der Waals surface area contributed by atoms with E-state index in [-0.39, 0.29) is 0 Å². The maximum atomic E-state index is 8.29. The highest BCUT2D eigenvalue weighted by atomic mass is 35.5. The molecular formula is C20H19ClN4O. The lowest BCUT2D eigenvalue weighted by molar-refractivity contribution is 0.620. The molecule has 0 radical (unpaired) electrons. The molecule has 0 spiro atoms. The normalized spacial score (nSPS) is 13.0. The van der Waals surface area contributed by atoms with E-state index in [0.29, 0.717) is 11.3 Å². The van der Waals surface area contributed by atoms with Gasteiger partial charge in [-0.1, -0.05) is 18.2 Å². The summed E-state index contributed by atoms with van der Waals surface area (Å²) in [7, 11) is 0. The maximum absolute atomic E-state index is 8.29. The summed E-state index contributed by atoms with van der Waals surface area (Å²) in [5.41, 5.74) is 1.59. The average Bonchev–Trinajstić information content (AvgIpc) is 3.22. The third-order valence-electron chi connectivity index (χ3n) is 4.16. The SMILES string of the molecule is Cc1nc(N2CCCC2)c2ccc(OCl)cc2n1.N#Cc1ccccc1. The number of halogens is 1. The van der Waals surface area contributed by atoms with Crippen LogP contribution in [0, 0.1) is 18.3 Å². The molecule has 0 aliphatic carbocycles. The minimum Gasteiger partial charge on any atom is -0.386 e. The van der Waals surface area contributed by atoms with Crippen LogP contribution < -0.4 is 9.19 Å². The van der Waals surface area contributed by atoms with Gasteiger partial charge in [0.2, 0.25) is 0 Å². The number of benzene rings is 2. The third-order valence-corrected chi connectivity index (χ3v) is 4.34. The van der Waals surface area contributed by atoms with Crippen molar-refractivity contribution in [2.75, 3.05) is 18.0 Å². The van der Waals surface area contributed by atoms with Crippen LogP contribution in [0.5, 0.6) is 5.75 Å². The fourth-order valence-corrected chi connectivity index (χ4v) is 3.03. The van der Waals surface area contributed by atoms with Crippen molar-refractivity contribution in [3.8, 4) is 11.8 Å². The molecule has 2 aromatic carbocycles. The first-order chi connectivity index (χ1) is 12.7. The molecule has 0 bridgehead atoms. The topological polar surface area (TPSA) is 62.0 Å². The molecule has 1 saturated heterocycles. The fraction of sp³-hybridized carbons (Fsp3) is 0.250. The smallest absolute Gasteiger partial charge is 0.148 e. The second-order valence-electron chi connectivity index (χ2n) is 6.02. The maximum Gasteiger partial charge on any atom is 0.148 e. The molecule has 26 heavy (non-hydrogen) atoms. The zero-order chi connectivity index (χ0) is 18.4. The van der Waals surface area contributed by atoms with Gasteiger partial charge < -0.3 is 9.19 Å². The van der Waals surface area contributed by atoms with Crippen molar-refractivity contribution < 1.29 is 4.29 Å². The van der Waals surface area contributed by atoms with Crippen LogP contribution in [0.4, 0.5) is 5.82 Å². The Morgan fingerprint density at radius 1 is 1.08 bits per heavy atom. The van der Waals surface area contributed by atoms with Crippen LogP contribution in [-0.4, -0.2) is 23.1 Å². The van der Waals surface area contributed by atoms with Crippen LogP contribution >= 0.6 is 11.9 Å². The molecule has 1 aliphatic rings. The van der Waals surface area contributed by atoms with E-state index in [1.807, 2.05) is 49.4 Å². The number of aromatic nitrogens is 2. The number of nitrogens with zero attached hydrogens (tertiary/aromatic N) is 4. The predicted octanol–water partition coefficient (Wildman–Crippen LogP) is 4.63. The first-order valence-corrected chi connectivity index (χ1v) is 8.79. The van der Waals surface area contributed by atoms with E-state index in [9.17, 15) is 0 Å². The minimum absolute atomic E-state index is 0.606.